The van der Waals surface area contributed by atoms with Gasteiger partial charge in [-0.15, -0.1) is 0 Å². The minimum atomic E-state index is -4.03. The molecule has 1 atom stereocenters. The summed E-state index contributed by atoms with van der Waals surface area (Å²) in [6.45, 7) is 9.63. The van der Waals surface area contributed by atoms with E-state index in [9.17, 15) is 13.2 Å². The Balaban J connectivity index is 1.88. The number of carbonyl (C=O) groups is 1. The fourth-order valence-electron chi connectivity index (χ4n) is 3.98. The van der Waals surface area contributed by atoms with Crippen LogP contribution in [0.5, 0.6) is 0 Å². The maximum Gasteiger partial charge on any atom is 0.266 e. The van der Waals surface area contributed by atoms with Gasteiger partial charge in [0.25, 0.3) is 10.0 Å². The van der Waals surface area contributed by atoms with Crippen molar-refractivity contribution in [3.05, 3.63) is 53.6 Å². The number of imidazole rings is 1. The normalized spacial score (nSPS) is 12.9. The molecule has 178 valence electrons. The van der Waals surface area contributed by atoms with E-state index in [1.165, 1.54) is 6.92 Å². The summed E-state index contributed by atoms with van der Waals surface area (Å²) in [5, 5.41) is 0. The highest BCUT2D eigenvalue weighted by Gasteiger charge is 2.34. The monoisotopic (exact) mass is 472 g/mol. The van der Waals surface area contributed by atoms with Crippen molar-refractivity contribution in [2.45, 2.75) is 58.4 Å². The van der Waals surface area contributed by atoms with Gasteiger partial charge in [-0.2, -0.15) is 0 Å². The molecule has 2 aromatic heterocycles. The summed E-state index contributed by atoms with van der Waals surface area (Å²) in [5.74, 6) is 0.498. The molecule has 2 heterocycles. The van der Waals surface area contributed by atoms with Crippen LogP contribution in [0.2, 0.25) is 0 Å². The van der Waals surface area contributed by atoms with Crippen LogP contribution < -0.4 is 0 Å². The summed E-state index contributed by atoms with van der Waals surface area (Å²) in [6, 6.07) is 7.92. The van der Waals surface area contributed by atoms with Crippen LogP contribution in [-0.2, 0) is 26.0 Å². The minimum Gasteiger partial charge on any atom is -0.380 e. The van der Waals surface area contributed by atoms with E-state index >= 15 is 0 Å². The largest absolute Gasteiger partial charge is 0.380 e. The van der Waals surface area contributed by atoms with Gasteiger partial charge in [-0.25, -0.2) is 17.7 Å². The second-order valence-electron chi connectivity index (χ2n) is 8.56. The van der Waals surface area contributed by atoms with Crippen molar-refractivity contribution in [3.63, 3.8) is 0 Å². The molecule has 1 N–H and O–H groups in total. The molecule has 0 saturated carbocycles. The second-order valence-corrected chi connectivity index (χ2v) is 10.4. The maximum atomic E-state index is 13.4. The lowest BCUT2D eigenvalue weighted by molar-refractivity contribution is -0.126. The molecule has 0 aliphatic rings. The highest BCUT2D eigenvalue weighted by atomic mass is 32.2. The number of rotatable bonds is 10. The van der Waals surface area contributed by atoms with E-state index in [1.807, 2.05) is 33.8 Å². The molecule has 0 radical (unpaired) electrons. The molecule has 1 amide bonds. The Morgan fingerprint density at radius 2 is 1.88 bits per heavy atom. The number of hydrogen-bond donors (Lipinski definition) is 1. The van der Waals surface area contributed by atoms with Gasteiger partial charge in [0, 0.05) is 26.1 Å². The smallest absolute Gasteiger partial charge is 0.266 e. The van der Waals surface area contributed by atoms with Gasteiger partial charge in [0.1, 0.15) is 11.3 Å². The van der Waals surface area contributed by atoms with Crippen molar-refractivity contribution in [1.82, 2.24) is 19.3 Å². The number of pyridine rings is 1. The first-order valence-corrected chi connectivity index (χ1v) is 12.6. The summed E-state index contributed by atoms with van der Waals surface area (Å²) in [5.41, 5.74) is 3.43. The van der Waals surface area contributed by atoms with Gasteiger partial charge >= 0.3 is 0 Å². The summed E-state index contributed by atoms with van der Waals surface area (Å²) in [7, 11) is -4.03. The van der Waals surface area contributed by atoms with E-state index in [0.717, 1.165) is 32.4 Å². The SMILES string of the molecule is CCOC[C@H](CC(C)C)N(C(C)=O)S(=O)(=O)c1ccc(Cc2nccc3[nH]c(C)nc23)cc1. The van der Waals surface area contributed by atoms with E-state index in [2.05, 4.69) is 15.0 Å². The van der Waals surface area contributed by atoms with Crippen molar-refractivity contribution in [2.24, 2.45) is 5.92 Å². The Morgan fingerprint density at radius 3 is 2.48 bits per heavy atom. The van der Waals surface area contributed by atoms with Crippen LogP contribution in [0.1, 0.15) is 51.2 Å². The Morgan fingerprint density at radius 1 is 1.18 bits per heavy atom. The quantitative estimate of drug-likeness (QED) is 0.481. The van der Waals surface area contributed by atoms with Crippen LogP contribution in [0.25, 0.3) is 11.0 Å². The fraction of sp³-hybridized carbons (Fsp3) is 0.458. The Labute approximate surface area is 195 Å². The number of benzene rings is 1. The zero-order valence-corrected chi connectivity index (χ0v) is 20.6. The van der Waals surface area contributed by atoms with Crippen LogP contribution in [0.4, 0.5) is 0 Å². The lowest BCUT2D eigenvalue weighted by Crippen LogP contribution is -2.46. The molecular weight excluding hydrogens is 440 g/mol. The molecule has 9 heteroatoms. The van der Waals surface area contributed by atoms with Crippen molar-refractivity contribution >= 4 is 27.0 Å². The first-order valence-electron chi connectivity index (χ1n) is 11.1. The average Bonchev–Trinajstić information content (AvgIpc) is 3.13. The van der Waals surface area contributed by atoms with E-state index in [4.69, 9.17) is 4.74 Å². The highest BCUT2D eigenvalue weighted by molar-refractivity contribution is 7.89. The predicted molar refractivity (Wildman–Crippen MR) is 127 cm³/mol. The minimum absolute atomic E-state index is 0.0773. The summed E-state index contributed by atoms with van der Waals surface area (Å²) in [4.78, 5) is 24.7. The first kappa shape index (κ1) is 24.9. The number of aryl methyl sites for hydroxylation is 1. The lowest BCUT2D eigenvalue weighted by Gasteiger charge is -2.31. The van der Waals surface area contributed by atoms with Gasteiger partial charge in [-0.05, 0) is 49.9 Å². The molecule has 33 heavy (non-hydrogen) atoms. The third-order valence-corrected chi connectivity index (χ3v) is 7.29. The molecule has 0 aliphatic heterocycles. The van der Waals surface area contributed by atoms with Crippen LogP contribution in [0.15, 0.2) is 41.4 Å². The molecule has 3 rings (SSSR count). The Bertz CT molecular complexity index is 1200. The number of amides is 1. The number of fused-ring (bicyclic) bond motifs is 1. The summed E-state index contributed by atoms with van der Waals surface area (Å²) >= 11 is 0. The third kappa shape index (κ3) is 5.78. The number of H-pyrrole nitrogens is 1. The molecule has 0 unspecified atom stereocenters. The highest BCUT2D eigenvalue weighted by Crippen LogP contribution is 2.24. The van der Waals surface area contributed by atoms with Gasteiger partial charge in [0.15, 0.2) is 0 Å². The zero-order valence-electron chi connectivity index (χ0n) is 19.8. The number of nitrogens with zero attached hydrogens (tertiary/aromatic N) is 3. The van der Waals surface area contributed by atoms with E-state index in [0.29, 0.717) is 19.4 Å². The van der Waals surface area contributed by atoms with Crippen LogP contribution >= 0.6 is 0 Å². The van der Waals surface area contributed by atoms with Crippen molar-refractivity contribution in [3.8, 4) is 0 Å². The molecule has 0 bridgehead atoms. The molecule has 3 aromatic rings. The van der Waals surface area contributed by atoms with Gasteiger partial charge in [-0.3, -0.25) is 9.78 Å². The molecule has 0 saturated heterocycles. The second kappa shape index (κ2) is 10.4. The molecule has 0 aliphatic carbocycles. The molecule has 8 nitrogen and oxygen atoms in total. The zero-order chi connectivity index (χ0) is 24.2. The fourth-order valence-corrected chi connectivity index (χ4v) is 5.57. The van der Waals surface area contributed by atoms with E-state index < -0.39 is 22.0 Å². The van der Waals surface area contributed by atoms with E-state index in [-0.39, 0.29) is 17.4 Å². The van der Waals surface area contributed by atoms with E-state index in [1.54, 1.807) is 30.5 Å². The maximum absolute atomic E-state index is 13.4. The topological polar surface area (TPSA) is 105 Å². The van der Waals surface area contributed by atoms with Crippen LogP contribution in [0, 0.1) is 12.8 Å². The summed E-state index contributed by atoms with van der Waals surface area (Å²) in [6.07, 6.45) is 2.76. The Kier molecular flexibility index (Phi) is 7.86. The predicted octanol–water partition coefficient (Wildman–Crippen LogP) is 3.85. The van der Waals surface area contributed by atoms with Gasteiger partial charge in [0.05, 0.1) is 28.8 Å². The van der Waals surface area contributed by atoms with Gasteiger partial charge in [-0.1, -0.05) is 26.0 Å². The van der Waals surface area contributed by atoms with Gasteiger partial charge in [0.2, 0.25) is 5.91 Å². The average molecular weight is 473 g/mol. The number of sulfonamides is 1. The third-order valence-electron chi connectivity index (χ3n) is 5.35. The molecule has 1 aromatic carbocycles. The van der Waals surface area contributed by atoms with Crippen molar-refractivity contribution in [1.29, 1.82) is 0 Å². The number of carbonyl (C=O) groups excluding carboxylic acids is 1. The number of aromatic amines is 1. The number of nitrogens with one attached hydrogen (secondary N) is 1. The number of aromatic nitrogens is 3. The molecule has 0 fully saturated rings. The summed E-state index contributed by atoms with van der Waals surface area (Å²) < 4.78 is 33.3. The van der Waals surface area contributed by atoms with Crippen LogP contribution in [0.3, 0.4) is 0 Å². The number of ether oxygens (including phenoxy) is 1. The van der Waals surface area contributed by atoms with Gasteiger partial charge < -0.3 is 9.72 Å². The number of hydrogen-bond acceptors (Lipinski definition) is 6. The molecule has 0 spiro atoms. The standard InChI is InChI=1S/C24H32N4O4S/c1-6-32-15-20(13-16(2)3)28(18(5)29)33(30,31)21-9-7-19(8-10-21)14-23-24-22(11-12-25-23)26-17(4)27-24/h7-12,16,20H,6,13-15H2,1-5H3,(H,26,27)/t20-/m0/s1. The Hall–Kier alpha value is -2.78. The van der Waals surface area contributed by atoms with Crippen LogP contribution in [-0.4, -0.2) is 52.8 Å². The lowest BCUT2D eigenvalue weighted by atomic mass is 10.0. The van der Waals surface area contributed by atoms with Crippen molar-refractivity contribution < 1.29 is 17.9 Å². The first-order chi connectivity index (χ1) is 15.6. The van der Waals surface area contributed by atoms with Crippen molar-refractivity contribution in [2.75, 3.05) is 13.2 Å². The molecular formula is C24H32N4O4S.